The summed E-state index contributed by atoms with van der Waals surface area (Å²) in [6.45, 7) is 7.77. The third-order valence-electron chi connectivity index (χ3n) is 6.53. The maximum absolute atomic E-state index is 13.7. The highest BCUT2D eigenvalue weighted by atomic mass is 35.5. The van der Waals surface area contributed by atoms with Gasteiger partial charge in [0, 0.05) is 42.5 Å². The van der Waals surface area contributed by atoms with Crippen molar-refractivity contribution in [3.8, 4) is 11.5 Å². The van der Waals surface area contributed by atoms with Crippen LogP contribution in [0, 0.1) is 19.7 Å². The highest BCUT2D eigenvalue weighted by molar-refractivity contribution is 6.30. The van der Waals surface area contributed by atoms with Crippen LogP contribution in [0.25, 0.3) is 11.5 Å². The zero-order valence-electron chi connectivity index (χ0n) is 19.2. The van der Waals surface area contributed by atoms with Gasteiger partial charge in [-0.05, 0) is 66.9 Å². The quantitative estimate of drug-likeness (QED) is 0.350. The van der Waals surface area contributed by atoms with E-state index in [-0.39, 0.29) is 11.9 Å². The van der Waals surface area contributed by atoms with Gasteiger partial charge in [0.2, 0.25) is 11.8 Å². The summed E-state index contributed by atoms with van der Waals surface area (Å²) >= 11 is 6.15. The van der Waals surface area contributed by atoms with Crippen LogP contribution in [0.5, 0.6) is 0 Å². The van der Waals surface area contributed by atoms with E-state index in [1.807, 2.05) is 24.3 Å². The predicted octanol–water partition coefficient (Wildman–Crippen LogP) is 6.06. The molecule has 1 aromatic heterocycles. The molecule has 7 heteroatoms. The molecule has 0 unspecified atom stereocenters. The fraction of sp³-hybridized carbons (Fsp3) is 0.259. The summed E-state index contributed by atoms with van der Waals surface area (Å²) in [4.78, 5) is 4.79. The molecule has 0 radical (unpaired) electrons. The molecule has 3 aromatic carbocycles. The molecular formula is C27H26ClFN4O. The van der Waals surface area contributed by atoms with Crippen LogP contribution in [0.1, 0.15) is 28.6 Å². The average molecular weight is 477 g/mol. The van der Waals surface area contributed by atoms with Gasteiger partial charge in [-0.2, -0.15) is 0 Å². The minimum absolute atomic E-state index is 0.215. The van der Waals surface area contributed by atoms with E-state index >= 15 is 0 Å². The lowest BCUT2D eigenvalue weighted by Gasteiger charge is -2.39. The molecule has 1 aliphatic rings. The molecule has 1 fully saturated rings. The Bertz CT molecular complexity index is 1280. The number of benzene rings is 3. The van der Waals surface area contributed by atoms with Crippen LogP contribution in [0.2, 0.25) is 5.02 Å². The molecule has 0 saturated carbocycles. The Balaban J connectivity index is 1.43. The lowest BCUT2D eigenvalue weighted by Crippen LogP contribution is -2.48. The molecule has 1 atom stereocenters. The highest BCUT2D eigenvalue weighted by Crippen LogP contribution is 2.33. The third kappa shape index (κ3) is 4.56. The molecule has 0 spiro atoms. The molecule has 0 N–H and O–H groups in total. The zero-order valence-corrected chi connectivity index (χ0v) is 20.0. The Hall–Kier alpha value is -3.22. The van der Waals surface area contributed by atoms with Crippen molar-refractivity contribution in [2.45, 2.75) is 19.9 Å². The van der Waals surface area contributed by atoms with Crippen molar-refractivity contribution in [2.24, 2.45) is 0 Å². The number of aromatic nitrogens is 2. The van der Waals surface area contributed by atoms with Gasteiger partial charge < -0.3 is 9.32 Å². The minimum Gasteiger partial charge on any atom is -0.419 e. The number of aryl methyl sites for hydroxylation is 1. The molecule has 4 aromatic rings. The smallest absolute Gasteiger partial charge is 0.247 e. The lowest BCUT2D eigenvalue weighted by molar-refractivity contribution is 0.188. The predicted molar refractivity (Wildman–Crippen MR) is 133 cm³/mol. The molecule has 0 bridgehead atoms. The maximum Gasteiger partial charge on any atom is 0.247 e. The zero-order chi connectivity index (χ0) is 23.7. The number of nitrogens with zero attached hydrogens (tertiary/aromatic N) is 4. The monoisotopic (exact) mass is 476 g/mol. The van der Waals surface area contributed by atoms with Crippen molar-refractivity contribution >= 4 is 17.3 Å². The van der Waals surface area contributed by atoms with Crippen LogP contribution in [0.15, 0.2) is 71.1 Å². The van der Waals surface area contributed by atoms with Gasteiger partial charge in [0.1, 0.15) is 11.9 Å². The summed E-state index contributed by atoms with van der Waals surface area (Å²) in [5.74, 6) is 0.457. The van der Waals surface area contributed by atoms with Crippen molar-refractivity contribution < 1.29 is 8.81 Å². The van der Waals surface area contributed by atoms with Gasteiger partial charge in [-0.15, -0.1) is 10.2 Å². The van der Waals surface area contributed by atoms with Gasteiger partial charge in [-0.1, -0.05) is 41.9 Å². The summed E-state index contributed by atoms with van der Waals surface area (Å²) in [5, 5.41) is 9.27. The second-order valence-corrected chi connectivity index (χ2v) is 9.09. The summed E-state index contributed by atoms with van der Waals surface area (Å²) in [6.07, 6.45) is 0. The molecule has 1 aliphatic heterocycles. The van der Waals surface area contributed by atoms with Gasteiger partial charge in [0.15, 0.2) is 0 Å². The molecule has 174 valence electrons. The van der Waals surface area contributed by atoms with E-state index in [0.717, 1.165) is 31.7 Å². The fourth-order valence-corrected chi connectivity index (χ4v) is 4.66. The Morgan fingerprint density at radius 2 is 1.65 bits per heavy atom. The van der Waals surface area contributed by atoms with Gasteiger partial charge in [-0.25, -0.2) is 4.39 Å². The molecule has 34 heavy (non-hydrogen) atoms. The summed E-state index contributed by atoms with van der Waals surface area (Å²) in [7, 11) is 0. The van der Waals surface area contributed by atoms with E-state index in [0.29, 0.717) is 22.4 Å². The summed E-state index contributed by atoms with van der Waals surface area (Å²) in [5.41, 5.74) is 5.50. The van der Waals surface area contributed by atoms with E-state index in [1.165, 1.54) is 28.9 Å². The Kier molecular flexibility index (Phi) is 6.35. The minimum atomic E-state index is -0.339. The van der Waals surface area contributed by atoms with Gasteiger partial charge >= 0.3 is 0 Å². The Labute approximate surface area is 203 Å². The number of halogens is 2. The van der Waals surface area contributed by atoms with E-state index in [4.69, 9.17) is 16.0 Å². The van der Waals surface area contributed by atoms with Crippen LogP contribution in [-0.4, -0.2) is 41.3 Å². The Morgan fingerprint density at radius 1 is 0.912 bits per heavy atom. The van der Waals surface area contributed by atoms with Crippen molar-refractivity contribution in [1.29, 1.82) is 0 Å². The number of rotatable bonds is 5. The number of hydrogen-bond donors (Lipinski definition) is 0. The van der Waals surface area contributed by atoms with Gasteiger partial charge in [-0.3, -0.25) is 4.90 Å². The van der Waals surface area contributed by atoms with Gasteiger partial charge in [0.25, 0.3) is 0 Å². The first-order valence-corrected chi connectivity index (χ1v) is 11.8. The van der Waals surface area contributed by atoms with Gasteiger partial charge in [0.05, 0.1) is 0 Å². The van der Waals surface area contributed by atoms with E-state index in [2.05, 4.69) is 52.0 Å². The Morgan fingerprint density at radius 3 is 2.38 bits per heavy atom. The van der Waals surface area contributed by atoms with E-state index in [1.54, 1.807) is 12.1 Å². The molecule has 5 nitrogen and oxygen atoms in total. The first kappa shape index (κ1) is 22.6. The summed E-state index contributed by atoms with van der Waals surface area (Å²) in [6, 6.07) is 20.2. The molecular weight excluding hydrogens is 451 g/mol. The molecule has 0 aliphatic carbocycles. The lowest BCUT2D eigenvalue weighted by atomic mass is 10.0. The molecule has 0 amide bonds. The van der Waals surface area contributed by atoms with Crippen molar-refractivity contribution in [2.75, 3.05) is 31.1 Å². The first-order valence-electron chi connectivity index (χ1n) is 11.4. The molecule has 1 saturated heterocycles. The van der Waals surface area contributed by atoms with Crippen LogP contribution < -0.4 is 4.90 Å². The molecule has 2 heterocycles. The van der Waals surface area contributed by atoms with Crippen LogP contribution in [-0.2, 0) is 0 Å². The van der Waals surface area contributed by atoms with Crippen molar-refractivity contribution in [3.63, 3.8) is 0 Å². The third-order valence-corrected chi connectivity index (χ3v) is 6.78. The first-order chi connectivity index (χ1) is 16.5. The normalized spacial score (nSPS) is 15.5. The molecule has 5 rings (SSSR count). The van der Waals surface area contributed by atoms with Crippen LogP contribution in [0.4, 0.5) is 10.1 Å². The fourth-order valence-electron chi connectivity index (χ4n) is 4.54. The number of anilines is 1. The summed E-state index contributed by atoms with van der Waals surface area (Å²) < 4.78 is 19.8. The maximum atomic E-state index is 13.7. The largest absolute Gasteiger partial charge is 0.419 e. The van der Waals surface area contributed by atoms with E-state index in [9.17, 15) is 4.39 Å². The standard InChI is InChI=1S/C27H26ClFN4O/c1-18-5-3-8-24(19(18)2)32-13-15-33(16-14-32)25(20-9-11-22(28)12-10-20)27-31-30-26(34-27)21-6-4-7-23(29)17-21/h3-12,17,25H,13-16H2,1-2H3/t25-/m0/s1. The van der Waals surface area contributed by atoms with Crippen molar-refractivity contribution in [1.82, 2.24) is 15.1 Å². The van der Waals surface area contributed by atoms with Crippen LogP contribution >= 0.6 is 11.6 Å². The van der Waals surface area contributed by atoms with E-state index < -0.39 is 0 Å². The number of piperazine rings is 1. The second-order valence-electron chi connectivity index (χ2n) is 8.65. The SMILES string of the molecule is Cc1cccc(N2CCN([C@@H](c3ccc(Cl)cc3)c3nnc(-c4cccc(F)c4)o3)CC2)c1C. The second kappa shape index (κ2) is 9.57. The highest BCUT2D eigenvalue weighted by Gasteiger charge is 2.31. The van der Waals surface area contributed by atoms with Crippen molar-refractivity contribution in [3.05, 3.63) is 100 Å². The number of hydrogen-bond acceptors (Lipinski definition) is 5. The van der Waals surface area contributed by atoms with Crippen LogP contribution in [0.3, 0.4) is 0 Å². The topological polar surface area (TPSA) is 45.4 Å². The average Bonchev–Trinajstić information content (AvgIpc) is 3.33.